The average Bonchev–Trinajstić information content (AvgIpc) is 4.14. The topological polar surface area (TPSA) is 72.3 Å². The fourth-order valence-corrected chi connectivity index (χ4v) is 13.0. The van der Waals surface area contributed by atoms with Crippen molar-refractivity contribution < 1.29 is 0 Å². The lowest BCUT2D eigenvalue weighted by atomic mass is 9.86. The van der Waals surface area contributed by atoms with E-state index in [-0.39, 0.29) is 0 Å². The summed E-state index contributed by atoms with van der Waals surface area (Å²) < 4.78 is 9.56. The fraction of sp³-hybridized carbons (Fsp3) is 0. The molecule has 0 aliphatic rings. The molecule has 7 aromatic heterocycles. The van der Waals surface area contributed by atoms with Gasteiger partial charge in [0.1, 0.15) is 11.6 Å². The lowest BCUT2D eigenvalue weighted by Gasteiger charge is -2.26. The molecule has 8 heteroatoms. The molecule has 0 aliphatic heterocycles. The first-order valence-corrected chi connectivity index (χ1v) is 23.5. The van der Waals surface area contributed by atoms with Crippen LogP contribution in [-0.2, 0) is 0 Å². The smallest absolute Gasteiger partial charge is 0.104 e. The molecule has 7 heterocycles. The Morgan fingerprint density at radius 3 is 1.18 bits per heavy atom. The number of rotatable bonds is 5. The number of hydrogen-bond acceptors (Lipinski definition) is 6. The van der Waals surface area contributed by atoms with E-state index in [0.29, 0.717) is 5.56 Å². The zero-order valence-electron chi connectivity index (χ0n) is 35.0. The van der Waals surface area contributed by atoms with Crippen LogP contribution in [0.15, 0.2) is 195 Å². The zero-order chi connectivity index (χ0) is 43.5. The first kappa shape index (κ1) is 36.9. The average molecular weight is 877 g/mol. The van der Waals surface area contributed by atoms with Crippen LogP contribution < -0.4 is 0 Å². The summed E-state index contributed by atoms with van der Waals surface area (Å²) in [5, 5.41) is 21.7. The highest BCUT2D eigenvalue weighted by Crippen LogP contribution is 2.53. The number of pyridine rings is 3. The van der Waals surface area contributed by atoms with Crippen molar-refractivity contribution in [3.8, 4) is 51.2 Å². The minimum Gasteiger partial charge on any atom is -0.307 e. The molecule has 0 saturated heterocycles. The van der Waals surface area contributed by atoms with Gasteiger partial charge in [0, 0.05) is 97.2 Å². The number of nitrogens with zero attached hydrogens (tertiary/aromatic N) is 6. The minimum atomic E-state index is 0.495. The SMILES string of the molecule is N#Cc1c(-n2c3ccccc3c3c4sc5ccccc5c4ccc32)c(-c2ccccn2)c(-c2ccccn2)c(-c2ccccn2)c1-n1c2ccccc2c2c3sc4ccccc4c3ccc21. The lowest BCUT2D eigenvalue weighted by Crippen LogP contribution is -2.11. The van der Waals surface area contributed by atoms with Crippen molar-refractivity contribution in [2.24, 2.45) is 0 Å². The van der Waals surface area contributed by atoms with Crippen molar-refractivity contribution in [1.82, 2.24) is 24.1 Å². The van der Waals surface area contributed by atoms with Crippen LogP contribution >= 0.6 is 22.7 Å². The van der Waals surface area contributed by atoms with Gasteiger partial charge in [-0.25, -0.2) is 0 Å². The van der Waals surface area contributed by atoms with Gasteiger partial charge in [0.25, 0.3) is 0 Å². The maximum atomic E-state index is 12.3. The molecule has 306 valence electrons. The molecule has 0 N–H and O–H groups in total. The van der Waals surface area contributed by atoms with Crippen molar-refractivity contribution in [2.75, 3.05) is 0 Å². The van der Waals surface area contributed by atoms with Crippen LogP contribution in [0.2, 0.25) is 0 Å². The Morgan fingerprint density at radius 1 is 0.364 bits per heavy atom. The summed E-state index contributed by atoms with van der Waals surface area (Å²) in [7, 11) is 0. The number of benzene rings is 7. The van der Waals surface area contributed by atoms with Gasteiger partial charge in [0.05, 0.1) is 50.5 Å². The van der Waals surface area contributed by atoms with E-state index >= 15 is 0 Å². The predicted octanol–water partition coefficient (Wildman–Crippen LogP) is 15.7. The third kappa shape index (κ3) is 5.12. The van der Waals surface area contributed by atoms with Gasteiger partial charge in [0.15, 0.2) is 0 Å². The molecule has 14 aromatic rings. The first-order chi connectivity index (χ1) is 32.8. The van der Waals surface area contributed by atoms with Gasteiger partial charge in [0.2, 0.25) is 0 Å². The summed E-state index contributed by atoms with van der Waals surface area (Å²) in [4.78, 5) is 15.4. The summed E-state index contributed by atoms with van der Waals surface area (Å²) in [6, 6.07) is 64.5. The van der Waals surface area contributed by atoms with E-state index in [9.17, 15) is 5.26 Å². The highest BCUT2D eigenvalue weighted by molar-refractivity contribution is 7.27. The maximum Gasteiger partial charge on any atom is 0.104 e. The second kappa shape index (κ2) is 14.3. The largest absolute Gasteiger partial charge is 0.307 e. The number of fused-ring (bicyclic) bond motifs is 14. The van der Waals surface area contributed by atoms with Crippen LogP contribution in [-0.4, -0.2) is 24.1 Å². The standard InChI is InChI=1S/C58H32N6S2/c59-33-40-55(63-44-22-5-1-17-38(44)50-46(63)28-26-36-34-15-3-7-24-48(34)65-57(36)50)53(42-20-10-13-31-61-42)52(41-19-9-12-30-60-41)54(43-21-11-14-32-62-43)56(40)64-45-23-6-2-18-39(45)51-47(64)29-27-37-35-16-4-8-25-49(35)66-58(37)51/h1-32H. The van der Waals surface area contributed by atoms with Crippen LogP contribution in [0.5, 0.6) is 0 Å². The van der Waals surface area contributed by atoms with E-state index < -0.39 is 0 Å². The summed E-state index contributed by atoms with van der Waals surface area (Å²) >= 11 is 3.64. The van der Waals surface area contributed by atoms with Crippen molar-refractivity contribution in [3.05, 3.63) is 200 Å². The fourth-order valence-electron chi connectivity index (χ4n) is 10.5. The number of thiophene rings is 2. The van der Waals surface area contributed by atoms with Crippen molar-refractivity contribution >= 4 is 107 Å². The molecule has 0 bridgehead atoms. The highest BCUT2D eigenvalue weighted by Gasteiger charge is 2.34. The third-order valence-electron chi connectivity index (χ3n) is 13.1. The summed E-state index contributed by atoms with van der Waals surface area (Å²) in [6.45, 7) is 0. The zero-order valence-corrected chi connectivity index (χ0v) is 36.6. The van der Waals surface area contributed by atoms with E-state index in [1.165, 1.54) is 40.3 Å². The van der Waals surface area contributed by atoms with Crippen molar-refractivity contribution in [3.63, 3.8) is 0 Å². The summed E-state index contributed by atoms with van der Waals surface area (Å²) in [6.07, 6.45) is 5.50. The first-order valence-electron chi connectivity index (χ1n) is 21.8. The van der Waals surface area contributed by atoms with Crippen LogP contribution in [0.4, 0.5) is 0 Å². The van der Waals surface area contributed by atoms with E-state index in [4.69, 9.17) is 15.0 Å². The minimum absolute atomic E-state index is 0.495. The molecule has 0 fully saturated rings. The number of para-hydroxylation sites is 2. The summed E-state index contributed by atoms with van der Waals surface area (Å²) in [5.41, 5.74) is 10.5. The third-order valence-corrected chi connectivity index (χ3v) is 15.5. The second-order valence-corrected chi connectivity index (χ2v) is 18.6. The van der Waals surface area contributed by atoms with E-state index in [2.05, 4.69) is 143 Å². The second-order valence-electron chi connectivity index (χ2n) is 16.5. The lowest BCUT2D eigenvalue weighted by molar-refractivity contribution is 1.11. The summed E-state index contributed by atoms with van der Waals surface area (Å²) in [5.74, 6) is 0. The molecule has 6 nitrogen and oxygen atoms in total. The Balaban J connectivity index is 1.26. The molecule has 7 aromatic carbocycles. The van der Waals surface area contributed by atoms with Gasteiger partial charge in [-0.1, -0.05) is 103 Å². The Kier molecular flexibility index (Phi) is 7.98. The van der Waals surface area contributed by atoms with E-state index in [1.807, 2.05) is 89.8 Å². The highest BCUT2D eigenvalue weighted by atomic mass is 32.1. The predicted molar refractivity (Wildman–Crippen MR) is 275 cm³/mol. The quantitative estimate of drug-likeness (QED) is 0.173. The van der Waals surface area contributed by atoms with Crippen molar-refractivity contribution in [2.45, 2.75) is 0 Å². The van der Waals surface area contributed by atoms with Crippen LogP contribution in [0.1, 0.15) is 5.56 Å². The molecule has 14 rings (SSSR count). The van der Waals surface area contributed by atoms with Gasteiger partial charge in [-0.15, -0.1) is 22.7 Å². The van der Waals surface area contributed by atoms with Gasteiger partial charge in [-0.2, -0.15) is 5.26 Å². The van der Waals surface area contributed by atoms with Crippen molar-refractivity contribution in [1.29, 1.82) is 5.26 Å². The molecule has 0 saturated carbocycles. The number of nitriles is 1. The number of hydrogen-bond donors (Lipinski definition) is 0. The normalized spacial score (nSPS) is 11.9. The molecule has 0 atom stereocenters. The Bertz CT molecular complexity index is 4090. The monoisotopic (exact) mass is 876 g/mol. The van der Waals surface area contributed by atoms with E-state index in [0.717, 1.165) is 88.8 Å². The molecule has 0 aliphatic carbocycles. The molecular weight excluding hydrogens is 845 g/mol. The van der Waals surface area contributed by atoms with Crippen LogP contribution in [0.3, 0.4) is 0 Å². The molecule has 0 spiro atoms. The van der Waals surface area contributed by atoms with E-state index in [1.54, 1.807) is 0 Å². The molecule has 0 radical (unpaired) electrons. The van der Waals surface area contributed by atoms with Gasteiger partial charge < -0.3 is 9.13 Å². The Hall–Kier alpha value is -8.48. The molecular formula is C58H32N6S2. The van der Waals surface area contributed by atoms with Gasteiger partial charge in [-0.3, -0.25) is 15.0 Å². The molecule has 0 amide bonds. The van der Waals surface area contributed by atoms with Crippen LogP contribution in [0.25, 0.3) is 129 Å². The molecule has 66 heavy (non-hydrogen) atoms. The van der Waals surface area contributed by atoms with Crippen LogP contribution in [0, 0.1) is 11.3 Å². The Morgan fingerprint density at radius 2 is 0.758 bits per heavy atom. The van der Waals surface area contributed by atoms with Gasteiger partial charge in [-0.05, 0) is 72.8 Å². The Labute approximate surface area is 385 Å². The molecule has 0 unspecified atom stereocenters. The maximum absolute atomic E-state index is 12.3. The van der Waals surface area contributed by atoms with Gasteiger partial charge >= 0.3 is 0 Å². The number of aromatic nitrogens is 5.